The zero-order chi connectivity index (χ0) is 10.0. The van der Waals surface area contributed by atoms with Crippen molar-refractivity contribution in [3.63, 3.8) is 0 Å². The van der Waals surface area contributed by atoms with Crippen LogP contribution in [0.4, 0.5) is 4.39 Å². The number of hydrogen-bond donors (Lipinski definition) is 0. The van der Waals surface area contributed by atoms with Crippen LogP contribution in [0, 0.1) is 5.82 Å². The number of carbonyl (C=O) groups excluding carboxylic acids is 1. The molecule has 1 aromatic rings. The van der Waals surface area contributed by atoms with E-state index in [0.29, 0.717) is 0 Å². The number of rotatable bonds is 1. The van der Waals surface area contributed by atoms with Crippen LogP contribution in [0.3, 0.4) is 0 Å². The standard InChI is InChI=1S/C8H5BrClFO2/c1-13-8(12)4-2-3-5(10)6(9)7(4)11/h2-3H,1H3. The summed E-state index contributed by atoms with van der Waals surface area (Å²) in [5.41, 5.74) is -0.140. The van der Waals surface area contributed by atoms with Crippen LogP contribution in [0.1, 0.15) is 10.4 Å². The summed E-state index contributed by atoms with van der Waals surface area (Å²) in [4.78, 5) is 11.0. The molecule has 1 aromatic carbocycles. The van der Waals surface area contributed by atoms with Gasteiger partial charge in [0, 0.05) is 0 Å². The monoisotopic (exact) mass is 266 g/mol. The molecule has 0 radical (unpaired) electrons. The van der Waals surface area contributed by atoms with Crippen LogP contribution < -0.4 is 0 Å². The van der Waals surface area contributed by atoms with Gasteiger partial charge in [0.1, 0.15) is 0 Å². The fourth-order valence-electron chi connectivity index (χ4n) is 0.794. The highest BCUT2D eigenvalue weighted by atomic mass is 79.9. The van der Waals surface area contributed by atoms with Gasteiger partial charge in [0.2, 0.25) is 0 Å². The third kappa shape index (κ3) is 2.00. The van der Waals surface area contributed by atoms with E-state index >= 15 is 0 Å². The average Bonchev–Trinajstić information content (AvgIpc) is 2.13. The topological polar surface area (TPSA) is 26.3 Å². The largest absolute Gasteiger partial charge is 0.465 e. The maximum Gasteiger partial charge on any atom is 0.340 e. The van der Waals surface area contributed by atoms with Gasteiger partial charge in [-0.3, -0.25) is 0 Å². The smallest absolute Gasteiger partial charge is 0.340 e. The van der Waals surface area contributed by atoms with Gasteiger partial charge in [-0.1, -0.05) is 11.6 Å². The van der Waals surface area contributed by atoms with Gasteiger partial charge in [-0.25, -0.2) is 9.18 Å². The minimum atomic E-state index is -0.727. The molecule has 0 bridgehead atoms. The van der Waals surface area contributed by atoms with Crippen molar-refractivity contribution in [3.8, 4) is 0 Å². The first-order valence-corrected chi connectivity index (χ1v) is 4.47. The zero-order valence-electron chi connectivity index (χ0n) is 6.61. The van der Waals surface area contributed by atoms with Crippen molar-refractivity contribution < 1.29 is 13.9 Å². The van der Waals surface area contributed by atoms with E-state index in [0.717, 1.165) is 0 Å². The third-order valence-corrected chi connectivity index (χ3v) is 2.76. The second-order valence-corrected chi connectivity index (χ2v) is 3.41. The number of halogens is 3. The highest BCUT2D eigenvalue weighted by Crippen LogP contribution is 2.27. The molecule has 0 aliphatic heterocycles. The molecule has 0 heterocycles. The molecule has 70 valence electrons. The van der Waals surface area contributed by atoms with Gasteiger partial charge in [0.15, 0.2) is 5.82 Å². The van der Waals surface area contributed by atoms with Crippen LogP contribution in [0.5, 0.6) is 0 Å². The Balaban J connectivity index is 3.26. The Kier molecular flexibility index (Phi) is 3.27. The lowest BCUT2D eigenvalue weighted by atomic mass is 10.2. The number of ether oxygens (including phenoxy) is 1. The minimum absolute atomic E-state index is 0.0667. The van der Waals surface area contributed by atoms with Crippen molar-refractivity contribution in [3.05, 3.63) is 33.0 Å². The van der Waals surface area contributed by atoms with Crippen LogP contribution in [-0.2, 0) is 4.74 Å². The molecule has 0 saturated carbocycles. The lowest BCUT2D eigenvalue weighted by molar-refractivity contribution is 0.0595. The van der Waals surface area contributed by atoms with E-state index in [9.17, 15) is 9.18 Å². The average molecular weight is 267 g/mol. The Labute approximate surface area is 87.8 Å². The van der Waals surface area contributed by atoms with Gasteiger partial charge >= 0.3 is 5.97 Å². The molecule has 1 rings (SSSR count). The molecule has 0 fully saturated rings. The highest BCUT2D eigenvalue weighted by Gasteiger charge is 2.16. The lowest BCUT2D eigenvalue weighted by Gasteiger charge is -2.03. The predicted molar refractivity (Wildman–Crippen MR) is 50.4 cm³/mol. The number of esters is 1. The fourth-order valence-corrected chi connectivity index (χ4v) is 1.29. The third-order valence-electron chi connectivity index (χ3n) is 1.44. The van der Waals surface area contributed by atoms with Crippen molar-refractivity contribution in [2.45, 2.75) is 0 Å². The Bertz CT molecular complexity index is 354. The van der Waals surface area contributed by atoms with Crippen LogP contribution >= 0.6 is 27.5 Å². The molecule has 0 saturated heterocycles. The van der Waals surface area contributed by atoms with Crippen LogP contribution in [0.25, 0.3) is 0 Å². The fraction of sp³-hybridized carbons (Fsp3) is 0.125. The zero-order valence-corrected chi connectivity index (χ0v) is 8.95. The first-order chi connectivity index (χ1) is 6.07. The molecule has 2 nitrogen and oxygen atoms in total. The number of methoxy groups -OCH3 is 1. The second kappa shape index (κ2) is 4.07. The Morgan fingerprint density at radius 2 is 2.23 bits per heavy atom. The van der Waals surface area contributed by atoms with Crippen LogP contribution in [0.2, 0.25) is 5.02 Å². The second-order valence-electron chi connectivity index (χ2n) is 2.21. The van der Waals surface area contributed by atoms with Crippen molar-refractivity contribution in [2.24, 2.45) is 0 Å². The maximum absolute atomic E-state index is 13.3. The van der Waals surface area contributed by atoms with Crippen molar-refractivity contribution in [2.75, 3.05) is 7.11 Å². The predicted octanol–water partition coefficient (Wildman–Crippen LogP) is 3.03. The van der Waals surface area contributed by atoms with E-state index < -0.39 is 11.8 Å². The van der Waals surface area contributed by atoms with E-state index in [-0.39, 0.29) is 15.1 Å². The lowest BCUT2D eigenvalue weighted by Crippen LogP contribution is -2.04. The quantitative estimate of drug-likeness (QED) is 0.577. The van der Waals surface area contributed by atoms with Crippen LogP contribution in [0.15, 0.2) is 16.6 Å². The molecule has 5 heteroatoms. The van der Waals surface area contributed by atoms with Gasteiger partial charge < -0.3 is 4.74 Å². The molecule has 0 atom stereocenters. The number of benzene rings is 1. The molecule has 0 spiro atoms. The summed E-state index contributed by atoms with van der Waals surface area (Å²) >= 11 is 8.51. The SMILES string of the molecule is COC(=O)c1ccc(Cl)c(Br)c1F. The molecule has 0 aliphatic rings. The van der Waals surface area contributed by atoms with Gasteiger partial charge in [0.25, 0.3) is 0 Å². The number of carbonyl (C=O) groups is 1. The number of hydrogen-bond acceptors (Lipinski definition) is 2. The van der Waals surface area contributed by atoms with E-state index in [4.69, 9.17) is 11.6 Å². The van der Waals surface area contributed by atoms with Gasteiger partial charge in [0.05, 0.1) is 22.2 Å². The van der Waals surface area contributed by atoms with Crippen molar-refractivity contribution in [1.29, 1.82) is 0 Å². The normalized spacial score (nSPS) is 9.85. The summed E-state index contributed by atoms with van der Waals surface area (Å²) in [5.74, 6) is -1.44. The highest BCUT2D eigenvalue weighted by molar-refractivity contribution is 9.10. The van der Waals surface area contributed by atoms with Gasteiger partial charge in [-0.2, -0.15) is 0 Å². The van der Waals surface area contributed by atoms with E-state index in [1.54, 1.807) is 0 Å². The maximum atomic E-state index is 13.3. The summed E-state index contributed by atoms with van der Waals surface area (Å²) in [5, 5.41) is 0.213. The molecular weight excluding hydrogens is 262 g/mol. The first-order valence-electron chi connectivity index (χ1n) is 3.29. The van der Waals surface area contributed by atoms with Gasteiger partial charge in [-0.15, -0.1) is 0 Å². The summed E-state index contributed by atoms with van der Waals surface area (Å²) in [6.45, 7) is 0. The van der Waals surface area contributed by atoms with Gasteiger partial charge in [-0.05, 0) is 28.1 Å². The van der Waals surface area contributed by atoms with E-state index in [2.05, 4.69) is 20.7 Å². The van der Waals surface area contributed by atoms with Crippen LogP contribution in [-0.4, -0.2) is 13.1 Å². The summed E-state index contributed by atoms with van der Waals surface area (Å²) in [6.07, 6.45) is 0. The molecule has 13 heavy (non-hydrogen) atoms. The summed E-state index contributed by atoms with van der Waals surface area (Å²) in [7, 11) is 1.18. The molecule has 0 unspecified atom stereocenters. The summed E-state index contributed by atoms with van der Waals surface area (Å²) in [6, 6.07) is 2.69. The Hall–Kier alpha value is -0.610. The van der Waals surface area contributed by atoms with Crippen molar-refractivity contribution >= 4 is 33.5 Å². The molecule has 0 aliphatic carbocycles. The Morgan fingerprint density at radius 3 is 2.77 bits per heavy atom. The molecular formula is C8H5BrClFO2. The minimum Gasteiger partial charge on any atom is -0.465 e. The molecule has 0 aromatic heterocycles. The molecule has 0 N–H and O–H groups in total. The Morgan fingerprint density at radius 1 is 1.62 bits per heavy atom. The molecule has 0 amide bonds. The van der Waals surface area contributed by atoms with E-state index in [1.165, 1.54) is 19.2 Å². The van der Waals surface area contributed by atoms with Crippen molar-refractivity contribution in [1.82, 2.24) is 0 Å². The van der Waals surface area contributed by atoms with E-state index in [1.807, 2.05) is 0 Å². The first kappa shape index (κ1) is 10.5. The summed E-state index contributed by atoms with van der Waals surface area (Å²) < 4.78 is 17.7.